The molecular weight excluding hydrogens is 236 g/mol. The number of phenols is 1. The van der Waals surface area contributed by atoms with E-state index in [9.17, 15) is 5.11 Å². The van der Waals surface area contributed by atoms with Crippen molar-refractivity contribution in [2.45, 2.75) is 0 Å². The molecule has 0 bridgehead atoms. The van der Waals surface area contributed by atoms with Gasteiger partial charge in [0.15, 0.2) is 11.5 Å². The second-order valence-corrected chi connectivity index (χ2v) is 4.38. The Labute approximate surface area is 111 Å². The van der Waals surface area contributed by atoms with Gasteiger partial charge in [-0.15, -0.1) is 0 Å². The van der Waals surface area contributed by atoms with Crippen molar-refractivity contribution in [3.8, 4) is 22.6 Å². The zero-order valence-corrected chi connectivity index (χ0v) is 10.6. The molecular formula is C17H14O2. The molecule has 0 aliphatic rings. The average Bonchev–Trinajstić information content (AvgIpc) is 2.47. The van der Waals surface area contributed by atoms with Gasteiger partial charge in [0.25, 0.3) is 0 Å². The molecule has 0 radical (unpaired) electrons. The molecule has 0 saturated heterocycles. The number of ether oxygens (including phenoxy) is 1. The summed E-state index contributed by atoms with van der Waals surface area (Å²) in [5.41, 5.74) is 1.80. The number of hydrogen-bond acceptors (Lipinski definition) is 2. The molecule has 0 aliphatic carbocycles. The van der Waals surface area contributed by atoms with Gasteiger partial charge in [0.1, 0.15) is 0 Å². The fourth-order valence-electron chi connectivity index (χ4n) is 2.36. The molecule has 0 spiro atoms. The van der Waals surface area contributed by atoms with Crippen molar-refractivity contribution in [1.82, 2.24) is 0 Å². The monoisotopic (exact) mass is 250 g/mol. The highest BCUT2D eigenvalue weighted by atomic mass is 16.5. The predicted octanol–water partition coefficient (Wildman–Crippen LogP) is 4.22. The van der Waals surface area contributed by atoms with Crippen LogP contribution in [0.3, 0.4) is 0 Å². The van der Waals surface area contributed by atoms with E-state index in [-0.39, 0.29) is 5.75 Å². The summed E-state index contributed by atoms with van der Waals surface area (Å²) in [6.07, 6.45) is 0. The van der Waals surface area contributed by atoms with Gasteiger partial charge in [0.2, 0.25) is 0 Å². The molecule has 2 nitrogen and oxygen atoms in total. The first-order valence-corrected chi connectivity index (χ1v) is 6.15. The quantitative estimate of drug-likeness (QED) is 0.737. The van der Waals surface area contributed by atoms with Crippen molar-refractivity contribution in [1.29, 1.82) is 0 Å². The molecule has 19 heavy (non-hydrogen) atoms. The Bertz CT molecular complexity index is 727. The van der Waals surface area contributed by atoms with E-state index in [2.05, 4.69) is 18.2 Å². The van der Waals surface area contributed by atoms with Gasteiger partial charge in [-0.25, -0.2) is 0 Å². The van der Waals surface area contributed by atoms with Gasteiger partial charge in [-0.1, -0.05) is 54.6 Å². The Balaban J connectivity index is 2.31. The summed E-state index contributed by atoms with van der Waals surface area (Å²) in [5, 5.41) is 12.6. The van der Waals surface area contributed by atoms with E-state index >= 15 is 0 Å². The van der Waals surface area contributed by atoms with Crippen LogP contribution in [0.1, 0.15) is 0 Å². The lowest BCUT2D eigenvalue weighted by Gasteiger charge is -2.11. The minimum absolute atomic E-state index is 0.182. The fourth-order valence-corrected chi connectivity index (χ4v) is 2.36. The SMILES string of the molecule is COc1cccc(-c2cccc3ccccc23)c1O. The van der Waals surface area contributed by atoms with Crippen LogP contribution < -0.4 is 4.74 Å². The molecule has 1 N–H and O–H groups in total. The molecule has 0 unspecified atom stereocenters. The first-order chi connectivity index (χ1) is 9.31. The zero-order valence-electron chi connectivity index (χ0n) is 10.6. The van der Waals surface area contributed by atoms with E-state index in [0.717, 1.165) is 21.9 Å². The molecule has 2 heteroatoms. The number of fused-ring (bicyclic) bond motifs is 1. The summed E-state index contributed by atoms with van der Waals surface area (Å²) in [6, 6.07) is 19.8. The maximum absolute atomic E-state index is 10.3. The summed E-state index contributed by atoms with van der Waals surface area (Å²) in [7, 11) is 1.56. The molecule has 94 valence electrons. The van der Waals surface area contributed by atoms with Crippen LogP contribution in [0, 0.1) is 0 Å². The second-order valence-electron chi connectivity index (χ2n) is 4.38. The lowest BCUT2D eigenvalue weighted by Crippen LogP contribution is -1.87. The highest BCUT2D eigenvalue weighted by Gasteiger charge is 2.11. The molecule has 3 aromatic carbocycles. The maximum atomic E-state index is 10.3. The Morgan fingerprint density at radius 2 is 1.47 bits per heavy atom. The number of aromatic hydroxyl groups is 1. The molecule has 0 fully saturated rings. The van der Waals surface area contributed by atoms with Gasteiger partial charge in [-0.2, -0.15) is 0 Å². The number of phenolic OH excluding ortho intramolecular Hbond substituents is 1. The standard InChI is InChI=1S/C17H14O2/c1-19-16-11-5-10-15(17(16)18)14-9-4-7-12-6-2-3-8-13(12)14/h2-11,18H,1H3. The van der Waals surface area contributed by atoms with Crippen LogP contribution >= 0.6 is 0 Å². The average molecular weight is 250 g/mol. The van der Waals surface area contributed by atoms with E-state index in [1.807, 2.05) is 36.4 Å². The van der Waals surface area contributed by atoms with Gasteiger partial charge in [-0.3, -0.25) is 0 Å². The van der Waals surface area contributed by atoms with Crippen molar-refractivity contribution < 1.29 is 9.84 Å². The van der Waals surface area contributed by atoms with E-state index < -0.39 is 0 Å². The fraction of sp³-hybridized carbons (Fsp3) is 0.0588. The topological polar surface area (TPSA) is 29.5 Å². The number of hydrogen-bond donors (Lipinski definition) is 1. The Kier molecular flexibility index (Phi) is 2.84. The zero-order chi connectivity index (χ0) is 13.2. The smallest absolute Gasteiger partial charge is 0.165 e. The summed E-state index contributed by atoms with van der Waals surface area (Å²) in [6.45, 7) is 0. The number of para-hydroxylation sites is 1. The minimum Gasteiger partial charge on any atom is -0.504 e. The first kappa shape index (κ1) is 11.6. The largest absolute Gasteiger partial charge is 0.504 e. The Morgan fingerprint density at radius 1 is 0.789 bits per heavy atom. The van der Waals surface area contributed by atoms with E-state index in [4.69, 9.17) is 4.74 Å². The van der Waals surface area contributed by atoms with Gasteiger partial charge in [-0.05, 0) is 22.4 Å². The van der Waals surface area contributed by atoms with Crippen LogP contribution in [0.4, 0.5) is 0 Å². The third kappa shape index (κ3) is 1.91. The van der Waals surface area contributed by atoms with Crippen molar-refractivity contribution >= 4 is 10.8 Å². The molecule has 0 aromatic heterocycles. The van der Waals surface area contributed by atoms with E-state index in [1.165, 1.54) is 0 Å². The highest BCUT2D eigenvalue weighted by Crippen LogP contribution is 2.39. The minimum atomic E-state index is 0.182. The van der Waals surface area contributed by atoms with E-state index in [1.54, 1.807) is 13.2 Å². The summed E-state index contributed by atoms with van der Waals surface area (Å²) in [5.74, 6) is 0.673. The van der Waals surface area contributed by atoms with Crippen LogP contribution in [-0.4, -0.2) is 12.2 Å². The summed E-state index contributed by atoms with van der Waals surface area (Å²) < 4.78 is 5.17. The molecule has 0 aliphatic heterocycles. The van der Waals surface area contributed by atoms with Crippen LogP contribution in [0.2, 0.25) is 0 Å². The number of methoxy groups -OCH3 is 1. The molecule has 3 rings (SSSR count). The molecule has 3 aromatic rings. The number of benzene rings is 3. The predicted molar refractivity (Wildman–Crippen MR) is 77.6 cm³/mol. The maximum Gasteiger partial charge on any atom is 0.165 e. The van der Waals surface area contributed by atoms with Crippen molar-refractivity contribution in [2.75, 3.05) is 7.11 Å². The third-order valence-electron chi connectivity index (χ3n) is 3.30. The Hall–Kier alpha value is -2.48. The van der Waals surface area contributed by atoms with Crippen LogP contribution in [0.5, 0.6) is 11.5 Å². The molecule has 0 saturated carbocycles. The van der Waals surface area contributed by atoms with Crippen LogP contribution in [0.25, 0.3) is 21.9 Å². The van der Waals surface area contributed by atoms with Crippen molar-refractivity contribution in [3.63, 3.8) is 0 Å². The lowest BCUT2D eigenvalue weighted by molar-refractivity contribution is 0.374. The highest BCUT2D eigenvalue weighted by molar-refractivity contribution is 5.98. The van der Waals surface area contributed by atoms with Gasteiger partial charge in [0.05, 0.1) is 7.11 Å². The van der Waals surface area contributed by atoms with Gasteiger partial charge >= 0.3 is 0 Å². The normalized spacial score (nSPS) is 10.6. The lowest BCUT2D eigenvalue weighted by atomic mass is 9.97. The summed E-state index contributed by atoms with van der Waals surface area (Å²) >= 11 is 0. The van der Waals surface area contributed by atoms with Gasteiger partial charge in [0, 0.05) is 5.56 Å². The second kappa shape index (κ2) is 4.65. The number of rotatable bonds is 2. The third-order valence-corrected chi connectivity index (χ3v) is 3.30. The Morgan fingerprint density at radius 3 is 2.32 bits per heavy atom. The van der Waals surface area contributed by atoms with Crippen LogP contribution in [0.15, 0.2) is 60.7 Å². The van der Waals surface area contributed by atoms with Crippen molar-refractivity contribution in [2.24, 2.45) is 0 Å². The molecule has 0 amide bonds. The van der Waals surface area contributed by atoms with E-state index in [0.29, 0.717) is 5.75 Å². The van der Waals surface area contributed by atoms with Gasteiger partial charge < -0.3 is 9.84 Å². The van der Waals surface area contributed by atoms with Crippen molar-refractivity contribution in [3.05, 3.63) is 60.7 Å². The molecule has 0 heterocycles. The summed E-state index contributed by atoms with van der Waals surface area (Å²) in [4.78, 5) is 0. The first-order valence-electron chi connectivity index (χ1n) is 6.15. The van der Waals surface area contributed by atoms with Crippen LogP contribution in [-0.2, 0) is 0 Å². The molecule has 0 atom stereocenters.